The van der Waals surface area contributed by atoms with Gasteiger partial charge in [0, 0.05) is 11.1 Å². The van der Waals surface area contributed by atoms with Gasteiger partial charge >= 0.3 is 5.97 Å². The molecule has 0 aliphatic rings. The van der Waals surface area contributed by atoms with Gasteiger partial charge in [0.1, 0.15) is 0 Å². The third-order valence-electron chi connectivity index (χ3n) is 2.04. The Hall–Kier alpha value is -2.50. The molecule has 0 unspecified atom stereocenters. The Balaban J connectivity index is 3.15. The molecular weight excluding hydrogens is 228 g/mol. The molecule has 0 atom stereocenters. The zero-order chi connectivity index (χ0) is 13.2. The van der Waals surface area contributed by atoms with Gasteiger partial charge in [-0.25, -0.2) is 4.79 Å². The van der Waals surface area contributed by atoms with Crippen molar-refractivity contribution in [3.63, 3.8) is 0 Å². The Kier molecular flexibility index (Phi) is 3.37. The van der Waals surface area contributed by atoms with Crippen molar-refractivity contribution < 1.29 is 30.0 Å². The monoisotopic (exact) mass is 238 g/mol. The van der Waals surface area contributed by atoms with Crippen molar-refractivity contribution in [1.29, 1.82) is 0 Å². The summed E-state index contributed by atoms with van der Waals surface area (Å²) in [5.41, 5.74) is -0.305. The number of carboxylic acid groups (broad SMARTS) is 1. The van der Waals surface area contributed by atoms with Gasteiger partial charge in [-0.05, 0) is 25.1 Å². The van der Waals surface area contributed by atoms with Crippen molar-refractivity contribution in [2.75, 3.05) is 0 Å². The first-order valence-electron chi connectivity index (χ1n) is 4.53. The van der Waals surface area contributed by atoms with Gasteiger partial charge in [0.2, 0.25) is 0 Å². The van der Waals surface area contributed by atoms with Crippen molar-refractivity contribution in [2.45, 2.75) is 6.92 Å². The zero-order valence-corrected chi connectivity index (χ0v) is 8.84. The minimum absolute atomic E-state index is 0.126. The molecule has 1 aromatic rings. The predicted octanol–water partition coefficient (Wildman–Crippen LogP) is 1.02. The third kappa shape index (κ3) is 2.75. The summed E-state index contributed by atoms with van der Waals surface area (Å²) in [5.74, 6) is -3.99. The van der Waals surface area contributed by atoms with Gasteiger partial charge in [-0.2, -0.15) is 0 Å². The highest BCUT2D eigenvalue weighted by atomic mass is 16.4. The number of phenolic OH excluding ortho intramolecular Hbond substituents is 3. The maximum atomic E-state index is 11.5. The predicted molar refractivity (Wildman–Crippen MR) is 57.2 cm³/mol. The van der Waals surface area contributed by atoms with Crippen LogP contribution in [-0.4, -0.2) is 32.2 Å². The average Bonchev–Trinajstić information content (AvgIpc) is 2.24. The van der Waals surface area contributed by atoms with Crippen LogP contribution in [0.1, 0.15) is 17.3 Å². The van der Waals surface area contributed by atoms with Crippen LogP contribution in [0.25, 0.3) is 0 Å². The Bertz CT molecular complexity index is 492. The Morgan fingerprint density at radius 2 is 1.59 bits per heavy atom. The molecule has 6 nitrogen and oxygen atoms in total. The number of allylic oxidation sites excluding steroid dienone is 1. The molecule has 1 rings (SSSR count). The number of phenols is 3. The van der Waals surface area contributed by atoms with Crippen LogP contribution >= 0.6 is 0 Å². The molecule has 1 aromatic carbocycles. The molecule has 4 N–H and O–H groups in total. The molecule has 0 bridgehead atoms. The van der Waals surface area contributed by atoms with E-state index in [1.54, 1.807) is 0 Å². The van der Waals surface area contributed by atoms with Crippen LogP contribution in [-0.2, 0) is 4.79 Å². The molecule has 0 aliphatic carbocycles. The fraction of sp³-hybridized carbons (Fsp3) is 0.0909. The quantitative estimate of drug-likeness (QED) is 0.355. The molecular formula is C11H10O6. The summed E-state index contributed by atoms with van der Waals surface area (Å²) >= 11 is 0. The smallest absolute Gasteiger partial charge is 0.331 e. The highest BCUT2D eigenvalue weighted by molar-refractivity contribution is 6.08. The van der Waals surface area contributed by atoms with E-state index in [-0.39, 0.29) is 11.1 Å². The van der Waals surface area contributed by atoms with Crippen LogP contribution in [0, 0.1) is 0 Å². The van der Waals surface area contributed by atoms with Crippen LogP contribution in [0.5, 0.6) is 17.2 Å². The van der Waals surface area contributed by atoms with Crippen molar-refractivity contribution in [3.05, 3.63) is 29.3 Å². The van der Waals surface area contributed by atoms with Crippen LogP contribution in [0.3, 0.4) is 0 Å². The molecule has 0 saturated carbocycles. The number of rotatable bonds is 3. The fourth-order valence-corrected chi connectivity index (χ4v) is 1.09. The average molecular weight is 238 g/mol. The third-order valence-corrected chi connectivity index (χ3v) is 2.04. The number of aromatic hydroxyl groups is 3. The molecule has 6 heteroatoms. The van der Waals surface area contributed by atoms with Crippen molar-refractivity contribution in [3.8, 4) is 17.2 Å². The molecule has 0 aromatic heterocycles. The van der Waals surface area contributed by atoms with E-state index in [9.17, 15) is 19.8 Å². The molecule has 0 heterocycles. The summed E-state index contributed by atoms with van der Waals surface area (Å²) in [6, 6.07) is 1.87. The molecule has 0 saturated heterocycles. The minimum Gasteiger partial charge on any atom is -0.504 e. The van der Waals surface area contributed by atoms with Crippen molar-refractivity contribution >= 4 is 11.8 Å². The second kappa shape index (κ2) is 4.56. The number of carbonyl (C=O) groups is 2. The van der Waals surface area contributed by atoms with E-state index in [2.05, 4.69) is 0 Å². The number of ketones is 1. The molecule has 0 fully saturated rings. The summed E-state index contributed by atoms with van der Waals surface area (Å²) in [5, 5.41) is 36.0. The maximum absolute atomic E-state index is 11.5. The van der Waals surface area contributed by atoms with Gasteiger partial charge in [-0.3, -0.25) is 4.79 Å². The lowest BCUT2D eigenvalue weighted by Crippen LogP contribution is -2.01. The number of aliphatic carboxylic acids is 1. The lowest BCUT2D eigenvalue weighted by atomic mass is 10.1. The van der Waals surface area contributed by atoms with Gasteiger partial charge < -0.3 is 20.4 Å². The lowest BCUT2D eigenvalue weighted by Gasteiger charge is -2.03. The van der Waals surface area contributed by atoms with E-state index in [1.165, 1.54) is 6.92 Å². The number of hydrogen-bond acceptors (Lipinski definition) is 5. The zero-order valence-electron chi connectivity index (χ0n) is 8.84. The van der Waals surface area contributed by atoms with E-state index >= 15 is 0 Å². The molecule has 0 radical (unpaired) electrons. The van der Waals surface area contributed by atoms with Crippen LogP contribution in [0.15, 0.2) is 23.8 Å². The first-order valence-corrected chi connectivity index (χ1v) is 4.53. The van der Waals surface area contributed by atoms with E-state index in [0.29, 0.717) is 0 Å². The first kappa shape index (κ1) is 12.6. The van der Waals surface area contributed by atoms with Gasteiger partial charge in [-0.1, -0.05) is 0 Å². The van der Waals surface area contributed by atoms with Gasteiger partial charge in [0.05, 0.1) is 0 Å². The lowest BCUT2D eigenvalue weighted by molar-refractivity contribution is -0.132. The summed E-state index contributed by atoms with van der Waals surface area (Å²) in [6.45, 7) is 1.24. The van der Waals surface area contributed by atoms with E-state index in [0.717, 1.165) is 18.2 Å². The second-order valence-corrected chi connectivity index (χ2v) is 3.36. The number of carbonyl (C=O) groups excluding carboxylic acids is 1. The number of carboxylic acids is 1. The molecule has 0 amide bonds. The molecule has 0 aliphatic heterocycles. The summed E-state index contributed by atoms with van der Waals surface area (Å²) in [7, 11) is 0. The molecule has 17 heavy (non-hydrogen) atoms. The van der Waals surface area contributed by atoms with E-state index < -0.39 is 29.0 Å². The van der Waals surface area contributed by atoms with Gasteiger partial charge in [-0.15, -0.1) is 0 Å². The van der Waals surface area contributed by atoms with Crippen LogP contribution in [0.4, 0.5) is 0 Å². The number of hydrogen-bond donors (Lipinski definition) is 4. The summed E-state index contributed by atoms with van der Waals surface area (Å²) in [4.78, 5) is 22.0. The maximum Gasteiger partial charge on any atom is 0.331 e. The van der Waals surface area contributed by atoms with Gasteiger partial charge in [0.15, 0.2) is 23.0 Å². The number of benzene rings is 1. The fourth-order valence-electron chi connectivity index (χ4n) is 1.09. The van der Waals surface area contributed by atoms with Crippen molar-refractivity contribution in [1.82, 2.24) is 0 Å². The van der Waals surface area contributed by atoms with Crippen LogP contribution < -0.4 is 0 Å². The topological polar surface area (TPSA) is 115 Å². The Morgan fingerprint density at radius 3 is 2.00 bits per heavy atom. The SMILES string of the molecule is C/C(=C\C(=O)c1cc(O)c(O)c(O)c1)C(=O)O. The highest BCUT2D eigenvalue weighted by Crippen LogP contribution is 2.35. The van der Waals surface area contributed by atoms with E-state index in [1.807, 2.05) is 0 Å². The second-order valence-electron chi connectivity index (χ2n) is 3.36. The first-order chi connectivity index (χ1) is 7.82. The highest BCUT2D eigenvalue weighted by Gasteiger charge is 2.13. The minimum atomic E-state index is -1.24. The Labute approximate surface area is 96.1 Å². The normalized spacial score (nSPS) is 11.2. The van der Waals surface area contributed by atoms with Gasteiger partial charge in [0.25, 0.3) is 0 Å². The molecule has 90 valence electrons. The standard InChI is InChI=1S/C11H10O6/c1-5(11(16)17)2-7(12)6-3-8(13)10(15)9(14)4-6/h2-4,13-15H,1H3,(H,16,17)/b5-2+. The van der Waals surface area contributed by atoms with Crippen molar-refractivity contribution in [2.24, 2.45) is 0 Å². The van der Waals surface area contributed by atoms with E-state index in [4.69, 9.17) is 10.2 Å². The van der Waals surface area contributed by atoms with Crippen LogP contribution in [0.2, 0.25) is 0 Å². The Morgan fingerprint density at radius 1 is 1.12 bits per heavy atom. The molecule has 0 spiro atoms. The largest absolute Gasteiger partial charge is 0.504 e. The summed E-state index contributed by atoms with van der Waals surface area (Å²) < 4.78 is 0. The summed E-state index contributed by atoms with van der Waals surface area (Å²) in [6.07, 6.45) is 0.855.